The number of aliphatic hydroxyl groups excluding tert-OH is 1. The highest BCUT2D eigenvalue weighted by molar-refractivity contribution is 5.68. The number of amides is 1. The molecule has 118 valence electrons. The van der Waals surface area contributed by atoms with Crippen LogP contribution in [0.15, 0.2) is 12.2 Å². The van der Waals surface area contributed by atoms with Crippen LogP contribution in [0.25, 0.3) is 0 Å². The Morgan fingerprint density at radius 3 is 2.45 bits per heavy atom. The van der Waals surface area contributed by atoms with Crippen molar-refractivity contribution >= 4 is 6.09 Å². The largest absolute Gasteiger partial charge is 0.444 e. The molecule has 1 amide bonds. The predicted molar refractivity (Wildman–Crippen MR) is 82.8 cm³/mol. The highest BCUT2D eigenvalue weighted by Crippen LogP contribution is 2.08. The lowest BCUT2D eigenvalue weighted by atomic mass is 10.1. The average molecular weight is 285 g/mol. The number of hydrogen-bond donors (Lipinski definition) is 2. The molecule has 0 rings (SSSR count). The minimum absolute atomic E-state index is 0.0666. The van der Waals surface area contributed by atoms with Crippen molar-refractivity contribution in [3.05, 3.63) is 12.2 Å². The van der Waals surface area contributed by atoms with Crippen LogP contribution in [0.1, 0.15) is 66.2 Å². The van der Waals surface area contributed by atoms with Crippen molar-refractivity contribution < 1.29 is 14.6 Å². The molecule has 0 aliphatic rings. The van der Waals surface area contributed by atoms with Crippen LogP contribution in [0.2, 0.25) is 0 Å². The van der Waals surface area contributed by atoms with Gasteiger partial charge in [0.25, 0.3) is 0 Å². The van der Waals surface area contributed by atoms with E-state index in [1.165, 1.54) is 19.3 Å². The van der Waals surface area contributed by atoms with Crippen molar-refractivity contribution in [3.63, 3.8) is 0 Å². The summed E-state index contributed by atoms with van der Waals surface area (Å²) in [5.74, 6) is 0. The molecule has 4 nitrogen and oxygen atoms in total. The van der Waals surface area contributed by atoms with E-state index < -0.39 is 11.7 Å². The fraction of sp³-hybridized carbons (Fsp3) is 0.812. The third kappa shape index (κ3) is 12.0. The van der Waals surface area contributed by atoms with Gasteiger partial charge >= 0.3 is 6.09 Å². The van der Waals surface area contributed by atoms with Crippen LogP contribution in [0.4, 0.5) is 4.79 Å². The first kappa shape index (κ1) is 19.0. The summed E-state index contributed by atoms with van der Waals surface area (Å²) < 4.78 is 5.16. The second kappa shape index (κ2) is 10.7. The van der Waals surface area contributed by atoms with E-state index in [4.69, 9.17) is 4.74 Å². The minimum Gasteiger partial charge on any atom is -0.444 e. The maximum absolute atomic E-state index is 11.6. The summed E-state index contributed by atoms with van der Waals surface area (Å²) in [7, 11) is 0. The highest BCUT2D eigenvalue weighted by atomic mass is 16.6. The van der Waals surface area contributed by atoms with Gasteiger partial charge in [-0.25, -0.2) is 4.79 Å². The molecule has 0 spiro atoms. The number of carbonyl (C=O) groups is 1. The molecule has 0 radical (unpaired) electrons. The van der Waals surface area contributed by atoms with Gasteiger partial charge in [-0.2, -0.15) is 0 Å². The van der Waals surface area contributed by atoms with Crippen LogP contribution in [-0.4, -0.2) is 29.4 Å². The molecule has 1 atom stereocenters. The average Bonchev–Trinajstić information content (AvgIpc) is 2.34. The first-order valence-electron chi connectivity index (χ1n) is 7.64. The van der Waals surface area contributed by atoms with Gasteiger partial charge in [0, 0.05) is 0 Å². The number of ether oxygens (including phenoxy) is 1. The van der Waals surface area contributed by atoms with E-state index in [2.05, 4.69) is 24.4 Å². The lowest BCUT2D eigenvalue weighted by Crippen LogP contribution is -2.40. The smallest absolute Gasteiger partial charge is 0.407 e. The molecule has 0 bridgehead atoms. The van der Waals surface area contributed by atoms with Crippen LogP contribution in [0, 0.1) is 0 Å². The van der Waals surface area contributed by atoms with Crippen LogP contribution in [0.3, 0.4) is 0 Å². The summed E-state index contributed by atoms with van der Waals surface area (Å²) in [6.07, 6.45) is 10.2. The van der Waals surface area contributed by atoms with Gasteiger partial charge in [0.2, 0.25) is 0 Å². The normalized spacial score (nSPS) is 13.4. The zero-order chi connectivity index (χ0) is 15.4. The first-order valence-corrected chi connectivity index (χ1v) is 7.64. The Hall–Kier alpha value is -1.03. The summed E-state index contributed by atoms with van der Waals surface area (Å²) >= 11 is 0. The van der Waals surface area contributed by atoms with E-state index in [1.807, 2.05) is 20.8 Å². The molecule has 0 saturated carbocycles. The number of alkyl carbamates (subject to hydrolysis) is 1. The number of nitrogens with one attached hydrogen (secondary N) is 1. The van der Waals surface area contributed by atoms with Crippen molar-refractivity contribution in [2.45, 2.75) is 77.9 Å². The van der Waals surface area contributed by atoms with Crippen molar-refractivity contribution in [1.29, 1.82) is 0 Å². The Balaban J connectivity index is 3.84. The van der Waals surface area contributed by atoms with E-state index >= 15 is 0 Å². The molecule has 0 unspecified atom stereocenters. The molecular formula is C16H31NO3. The zero-order valence-corrected chi connectivity index (χ0v) is 13.4. The van der Waals surface area contributed by atoms with E-state index in [9.17, 15) is 9.90 Å². The van der Waals surface area contributed by atoms with Gasteiger partial charge in [0.1, 0.15) is 5.60 Å². The second-order valence-corrected chi connectivity index (χ2v) is 6.07. The first-order chi connectivity index (χ1) is 9.39. The molecule has 0 saturated heterocycles. The van der Waals surface area contributed by atoms with Crippen LogP contribution in [-0.2, 0) is 4.74 Å². The summed E-state index contributed by atoms with van der Waals surface area (Å²) in [5, 5.41) is 11.9. The lowest BCUT2D eigenvalue weighted by Gasteiger charge is -2.22. The molecule has 0 aromatic heterocycles. The molecule has 0 fully saturated rings. The van der Waals surface area contributed by atoms with E-state index in [1.54, 1.807) is 0 Å². The second-order valence-electron chi connectivity index (χ2n) is 6.07. The molecule has 0 aromatic rings. The molecule has 0 aliphatic carbocycles. The number of hydrogen-bond acceptors (Lipinski definition) is 3. The maximum Gasteiger partial charge on any atom is 0.407 e. The molecule has 20 heavy (non-hydrogen) atoms. The van der Waals surface area contributed by atoms with Crippen molar-refractivity contribution in [1.82, 2.24) is 5.32 Å². The standard InChI is InChI=1S/C16H31NO3/c1-5-6-7-8-9-10-11-12-14(13-18)17-15(19)20-16(2,3)4/h9-10,14,18H,5-8,11-13H2,1-4H3,(H,17,19)/b10-9+/t14-/m1/s1. The maximum atomic E-state index is 11.6. The fourth-order valence-corrected chi connectivity index (χ4v) is 1.73. The number of rotatable bonds is 9. The summed E-state index contributed by atoms with van der Waals surface area (Å²) in [4.78, 5) is 11.6. The van der Waals surface area contributed by atoms with E-state index in [-0.39, 0.29) is 12.6 Å². The molecular weight excluding hydrogens is 254 g/mol. The Labute approximate surface area is 123 Å². The topological polar surface area (TPSA) is 58.6 Å². The lowest BCUT2D eigenvalue weighted by molar-refractivity contribution is 0.0479. The molecule has 0 aliphatic heterocycles. The quantitative estimate of drug-likeness (QED) is 0.500. The van der Waals surface area contributed by atoms with Gasteiger partial charge in [-0.05, 0) is 46.5 Å². The Morgan fingerprint density at radius 1 is 1.25 bits per heavy atom. The molecule has 4 heteroatoms. The molecule has 0 aromatic carbocycles. The fourth-order valence-electron chi connectivity index (χ4n) is 1.73. The van der Waals surface area contributed by atoms with Crippen molar-refractivity contribution in [2.24, 2.45) is 0 Å². The Morgan fingerprint density at radius 2 is 1.90 bits per heavy atom. The van der Waals surface area contributed by atoms with Crippen LogP contribution < -0.4 is 5.32 Å². The summed E-state index contributed by atoms with van der Waals surface area (Å²) in [5.41, 5.74) is -0.511. The van der Waals surface area contributed by atoms with Gasteiger partial charge in [0.15, 0.2) is 0 Å². The number of unbranched alkanes of at least 4 members (excludes halogenated alkanes) is 3. The summed E-state index contributed by atoms with van der Waals surface area (Å²) in [6, 6.07) is -0.245. The predicted octanol–water partition coefficient (Wildman–Crippen LogP) is 3.79. The number of carbonyl (C=O) groups excluding carboxylic acids is 1. The van der Waals surface area contributed by atoms with E-state index in [0.717, 1.165) is 19.3 Å². The molecule has 2 N–H and O–H groups in total. The van der Waals surface area contributed by atoms with E-state index in [0.29, 0.717) is 0 Å². The zero-order valence-electron chi connectivity index (χ0n) is 13.4. The van der Waals surface area contributed by atoms with Crippen molar-refractivity contribution in [3.8, 4) is 0 Å². The van der Waals surface area contributed by atoms with Gasteiger partial charge in [-0.15, -0.1) is 0 Å². The van der Waals surface area contributed by atoms with Crippen molar-refractivity contribution in [2.75, 3.05) is 6.61 Å². The third-order valence-electron chi connectivity index (χ3n) is 2.76. The minimum atomic E-state index is -0.511. The third-order valence-corrected chi connectivity index (χ3v) is 2.76. The van der Waals surface area contributed by atoms with Gasteiger partial charge in [-0.1, -0.05) is 31.9 Å². The van der Waals surface area contributed by atoms with Crippen LogP contribution >= 0.6 is 0 Å². The monoisotopic (exact) mass is 285 g/mol. The van der Waals surface area contributed by atoms with Crippen LogP contribution in [0.5, 0.6) is 0 Å². The number of aliphatic hydroxyl groups is 1. The highest BCUT2D eigenvalue weighted by Gasteiger charge is 2.18. The SMILES string of the molecule is CCCCC/C=C/CC[C@H](CO)NC(=O)OC(C)(C)C. The van der Waals surface area contributed by atoms with Gasteiger partial charge in [-0.3, -0.25) is 0 Å². The number of allylic oxidation sites excluding steroid dienone is 2. The summed E-state index contributed by atoms with van der Waals surface area (Å²) in [6.45, 7) is 7.58. The Bertz CT molecular complexity index is 282. The Kier molecular flexibility index (Phi) is 10.2. The molecule has 0 heterocycles. The van der Waals surface area contributed by atoms with Gasteiger partial charge < -0.3 is 15.2 Å². The van der Waals surface area contributed by atoms with Gasteiger partial charge in [0.05, 0.1) is 12.6 Å².